The van der Waals surface area contributed by atoms with E-state index in [1.54, 1.807) is 12.2 Å². The highest BCUT2D eigenvalue weighted by molar-refractivity contribution is 5.82. The molecular formula is C28H39O7. The summed E-state index contributed by atoms with van der Waals surface area (Å²) < 4.78 is 23.2. The van der Waals surface area contributed by atoms with Gasteiger partial charge in [0, 0.05) is 19.1 Å². The molecule has 7 nitrogen and oxygen atoms in total. The summed E-state index contributed by atoms with van der Waals surface area (Å²) in [5, 5.41) is 21.5. The lowest BCUT2D eigenvalue weighted by Crippen LogP contribution is -2.32. The molecule has 2 N–H and O–H groups in total. The molecule has 4 heterocycles. The van der Waals surface area contributed by atoms with Crippen molar-refractivity contribution in [3.8, 4) is 0 Å². The van der Waals surface area contributed by atoms with Crippen LogP contribution in [0.2, 0.25) is 0 Å². The quantitative estimate of drug-likeness (QED) is 0.357. The van der Waals surface area contributed by atoms with Crippen molar-refractivity contribution in [1.29, 1.82) is 0 Å². The molecule has 2 saturated heterocycles. The Bertz CT molecular complexity index is 797. The third kappa shape index (κ3) is 8.40. The average Bonchev–Trinajstić information content (AvgIpc) is 3.62. The average molecular weight is 488 g/mol. The number of hydrogen-bond donors (Lipinski definition) is 2. The van der Waals surface area contributed by atoms with Crippen LogP contribution < -0.4 is 0 Å². The summed E-state index contributed by atoms with van der Waals surface area (Å²) in [5.41, 5.74) is 0.942. The number of carbonyl (C=O) groups excluding carboxylic acids is 1. The van der Waals surface area contributed by atoms with E-state index in [0.29, 0.717) is 25.9 Å². The number of fused-ring (bicyclic) bond motifs is 3. The van der Waals surface area contributed by atoms with Crippen LogP contribution in [0.25, 0.3) is 0 Å². The summed E-state index contributed by atoms with van der Waals surface area (Å²) in [6, 6.07) is 0. The SMILES string of the molecule is C=C1C[CH]C[C@@H]2CC=C[C@@H](C/C=C\C(=O)OC([C@@H](O)/C=C/C3CCCCO3)C[C@@H]3O[C@H]3[C@@H](O)C1)O2. The van der Waals surface area contributed by atoms with E-state index in [4.69, 9.17) is 18.9 Å². The maximum atomic E-state index is 12.6. The first-order chi connectivity index (χ1) is 17.0. The van der Waals surface area contributed by atoms with Gasteiger partial charge in [-0.2, -0.15) is 0 Å². The molecule has 0 aromatic heterocycles. The second-order valence-corrected chi connectivity index (χ2v) is 9.98. The molecule has 8 atom stereocenters. The highest BCUT2D eigenvalue weighted by Gasteiger charge is 2.46. The third-order valence-electron chi connectivity index (χ3n) is 6.95. The third-order valence-corrected chi connectivity index (χ3v) is 6.95. The van der Waals surface area contributed by atoms with Crippen molar-refractivity contribution < 1.29 is 34.0 Å². The van der Waals surface area contributed by atoms with E-state index < -0.39 is 24.3 Å². The molecule has 4 aliphatic rings. The predicted molar refractivity (Wildman–Crippen MR) is 131 cm³/mol. The summed E-state index contributed by atoms with van der Waals surface area (Å²) in [4.78, 5) is 12.6. The number of aliphatic hydroxyl groups is 2. The summed E-state index contributed by atoms with van der Waals surface area (Å²) in [7, 11) is 0. The van der Waals surface area contributed by atoms with Crippen molar-refractivity contribution in [3.63, 3.8) is 0 Å². The lowest BCUT2D eigenvalue weighted by Gasteiger charge is -2.25. The van der Waals surface area contributed by atoms with Crippen LogP contribution in [0.5, 0.6) is 0 Å². The molecule has 4 rings (SSSR count). The molecule has 0 saturated carbocycles. The van der Waals surface area contributed by atoms with E-state index in [1.807, 2.05) is 12.2 Å². The van der Waals surface area contributed by atoms with E-state index in [9.17, 15) is 15.0 Å². The molecule has 0 aromatic rings. The van der Waals surface area contributed by atoms with Crippen molar-refractivity contribution in [2.24, 2.45) is 0 Å². The number of hydrogen-bond acceptors (Lipinski definition) is 7. The molecule has 35 heavy (non-hydrogen) atoms. The first-order valence-corrected chi connectivity index (χ1v) is 13.0. The number of rotatable bonds is 3. The van der Waals surface area contributed by atoms with Gasteiger partial charge in [-0.15, -0.1) is 0 Å². The number of carbonyl (C=O) groups is 1. The Hall–Kier alpha value is -1.77. The van der Waals surface area contributed by atoms with Gasteiger partial charge in [-0.3, -0.25) is 0 Å². The molecule has 1 radical (unpaired) electrons. The molecule has 0 spiro atoms. The van der Waals surface area contributed by atoms with Gasteiger partial charge in [-0.25, -0.2) is 4.79 Å². The molecule has 2 bridgehead atoms. The fraction of sp³-hybridized carbons (Fsp3) is 0.643. The van der Waals surface area contributed by atoms with Gasteiger partial charge in [0.05, 0.1) is 30.5 Å². The Balaban J connectivity index is 1.42. The number of esters is 1. The van der Waals surface area contributed by atoms with Crippen LogP contribution in [0.1, 0.15) is 57.8 Å². The van der Waals surface area contributed by atoms with Crippen molar-refractivity contribution >= 4 is 5.97 Å². The lowest BCUT2D eigenvalue weighted by molar-refractivity contribution is -0.148. The molecule has 0 aliphatic carbocycles. The fourth-order valence-corrected chi connectivity index (χ4v) is 4.92. The number of ether oxygens (including phenoxy) is 4. The van der Waals surface area contributed by atoms with E-state index in [0.717, 1.165) is 44.1 Å². The van der Waals surface area contributed by atoms with Gasteiger partial charge in [0.1, 0.15) is 18.3 Å². The van der Waals surface area contributed by atoms with Crippen LogP contribution in [0.3, 0.4) is 0 Å². The molecule has 0 aromatic carbocycles. The number of cyclic esters (lactones) is 1. The van der Waals surface area contributed by atoms with Crippen molar-refractivity contribution in [1.82, 2.24) is 0 Å². The van der Waals surface area contributed by atoms with Gasteiger partial charge >= 0.3 is 5.97 Å². The molecular weight excluding hydrogens is 448 g/mol. The fourth-order valence-electron chi connectivity index (χ4n) is 4.92. The van der Waals surface area contributed by atoms with Gasteiger partial charge in [0.25, 0.3) is 0 Å². The van der Waals surface area contributed by atoms with Gasteiger partial charge in [0.15, 0.2) is 0 Å². The standard InChI is InChI=1S/C28H39O7/c1-19-7-4-9-21-10-5-11-22(33-21)12-6-13-27(31)34-25(18-26-28(35-26)24(30)17-19)23(29)15-14-20-8-2-3-16-32-20/h4-6,11,13-15,20-26,28-30H,1-3,7-10,12,16-18H2/b13-6-,15-14+/t20?,21-,22+,23+,24+,25?,26+,28+/m1/s1. The molecule has 2 fully saturated rings. The van der Waals surface area contributed by atoms with Crippen molar-refractivity contribution in [2.45, 2.75) is 107 Å². The zero-order valence-corrected chi connectivity index (χ0v) is 20.4. The minimum atomic E-state index is -1.000. The van der Waals surface area contributed by atoms with Crippen LogP contribution in [0.4, 0.5) is 0 Å². The number of epoxide rings is 1. The van der Waals surface area contributed by atoms with Crippen molar-refractivity contribution in [2.75, 3.05) is 6.61 Å². The Kier molecular flexibility index (Phi) is 9.75. The van der Waals surface area contributed by atoms with E-state index in [1.165, 1.54) is 6.08 Å². The zero-order chi connectivity index (χ0) is 24.6. The first-order valence-electron chi connectivity index (χ1n) is 13.0. The molecule has 193 valence electrons. The maximum absolute atomic E-state index is 12.6. The Morgan fingerprint density at radius 3 is 2.86 bits per heavy atom. The van der Waals surface area contributed by atoms with Crippen molar-refractivity contribution in [3.05, 3.63) is 55.0 Å². The van der Waals surface area contributed by atoms with Gasteiger partial charge in [-0.05, 0) is 57.8 Å². The normalized spacial score (nSPS) is 39.2. The number of aliphatic hydroxyl groups excluding tert-OH is 2. The largest absolute Gasteiger partial charge is 0.456 e. The second-order valence-electron chi connectivity index (χ2n) is 9.98. The van der Waals surface area contributed by atoms with Gasteiger partial charge in [-0.1, -0.05) is 42.5 Å². The summed E-state index contributed by atoms with van der Waals surface area (Å²) in [6.07, 6.45) is 16.6. The first kappa shape index (κ1) is 26.3. The van der Waals surface area contributed by atoms with E-state index in [2.05, 4.69) is 19.1 Å². The van der Waals surface area contributed by atoms with Gasteiger partial charge in [0.2, 0.25) is 0 Å². The van der Waals surface area contributed by atoms with Crippen LogP contribution in [0, 0.1) is 6.42 Å². The molecule has 7 heteroatoms. The topological polar surface area (TPSA) is 97.8 Å². The Morgan fingerprint density at radius 1 is 1.14 bits per heavy atom. The van der Waals surface area contributed by atoms with Crippen LogP contribution in [-0.4, -0.2) is 71.6 Å². The Morgan fingerprint density at radius 2 is 2.03 bits per heavy atom. The lowest BCUT2D eigenvalue weighted by atomic mass is 9.97. The monoisotopic (exact) mass is 487 g/mol. The van der Waals surface area contributed by atoms with E-state index >= 15 is 0 Å². The molecule has 2 unspecified atom stereocenters. The predicted octanol–water partition coefficient (Wildman–Crippen LogP) is 3.51. The minimum absolute atomic E-state index is 0.0323. The zero-order valence-electron chi connectivity index (χ0n) is 20.4. The maximum Gasteiger partial charge on any atom is 0.330 e. The highest BCUT2D eigenvalue weighted by Crippen LogP contribution is 2.34. The minimum Gasteiger partial charge on any atom is -0.456 e. The van der Waals surface area contributed by atoms with Crippen LogP contribution in [0.15, 0.2) is 48.6 Å². The molecule has 0 amide bonds. The Labute approximate surface area is 208 Å². The highest BCUT2D eigenvalue weighted by atomic mass is 16.6. The summed E-state index contributed by atoms with van der Waals surface area (Å²) >= 11 is 0. The van der Waals surface area contributed by atoms with Crippen LogP contribution >= 0.6 is 0 Å². The second kappa shape index (κ2) is 13.0. The van der Waals surface area contributed by atoms with Crippen LogP contribution in [-0.2, 0) is 23.7 Å². The summed E-state index contributed by atoms with van der Waals surface area (Å²) in [6.45, 7) is 4.82. The van der Waals surface area contributed by atoms with Gasteiger partial charge < -0.3 is 29.2 Å². The molecule has 4 aliphatic heterocycles. The summed E-state index contributed by atoms with van der Waals surface area (Å²) in [5.74, 6) is -0.520. The van der Waals surface area contributed by atoms with E-state index in [-0.39, 0.29) is 30.5 Å². The smallest absolute Gasteiger partial charge is 0.330 e.